The summed E-state index contributed by atoms with van der Waals surface area (Å²) in [5.74, 6) is -2.08. The van der Waals surface area contributed by atoms with Gasteiger partial charge in [-0.05, 0) is 79.4 Å². The van der Waals surface area contributed by atoms with Crippen molar-refractivity contribution >= 4 is 52.4 Å². The van der Waals surface area contributed by atoms with E-state index in [1.54, 1.807) is 31.2 Å². The van der Waals surface area contributed by atoms with Crippen molar-refractivity contribution in [3.63, 3.8) is 0 Å². The molecule has 0 radical (unpaired) electrons. The number of nitrogens with zero attached hydrogens (tertiary/aromatic N) is 1. The maximum atomic E-state index is 13.1. The number of carbonyl (C=O) groups is 4. The van der Waals surface area contributed by atoms with Gasteiger partial charge in [0.2, 0.25) is 0 Å². The molecular weight excluding hydrogens is 518 g/mol. The summed E-state index contributed by atoms with van der Waals surface area (Å²) in [6, 6.07) is 18.4. The number of hydrogen-bond acceptors (Lipinski definition) is 6. The molecule has 4 rings (SSSR count). The quantitative estimate of drug-likeness (QED) is 0.265. The molecule has 39 heavy (non-hydrogen) atoms. The smallest absolute Gasteiger partial charge is 0.338 e. The number of esters is 1. The topological polar surface area (TPSA) is 105 Å². The van der Waals surface area contributed by atoms with Crippen LogP contribution in [-0.2, 0) is 27.2 Å². The highest BCUT2D eigenvalue weighted by atomic mass is 35.5. The van der Waals surface area contributed by atoms with Crippen LogP contribution in [0.3, 0.4) is 0 Å². The lowest BCUT2D eigenvalue weighted by Crippen LogP contribution is -2.32. The molecule has 3 aromatic rings. The standard InChI is InChI=1S/C30H28ClN3O5/c1-4-18-8-7-9-19(5-2)25(18)33-27(35)20-10-14-22(15-11-20)32-26-24(31)28(36)34(29(26)37)23-16-12-21(13-17-23)30(38)39-6-3/h7-17,32H,4-6H2,1-3H3,(H,33,35). The highest BCUT2D eigenvalue weighted by Crippen LogP contribution is 2.30. The van der Waals surface area contributed by atoms with Crippen molar-refractivity contribution in [2.45, 2.75) is 33.6 Å². The summed E-state index contributed by atoms with van der Waals surface area (Å²) < 4.78 is 4.96. The Hall–Kier alpha value is -4.43. The largest absolute Gasteiger partial charge is 0.462 e. The minimum Gasteiger partial charge on any atom is -0.462 e. The first-order valence-electron chi connectivity index (χ1n) is 12.6. The zero-order valence-corrected chi connectivity index (χ0v) is 22.6. The molecule has 1 heterocycles. The van der Waals surface area contributed by atoms with E-state index in [-0.39, 0.29) is 28.9 Å². The lowest BCUT2D eigenvalue weighted by molar-refractivity contribution is -0.120. The molecule has 1 aliphatic rings. The molecule has 0 unspecified atom stereocenters. The maximum absolute atomic E-state index is 13.1. The number of ether oxygens (including phenoxy) is 1. The number of rotatable bonds is 9. The summed E-state index contributed by atoms with van der Waals surface area (Å²) in [6.07, 6.45) is 1.59. The van der Waals surface area contributed by atoms with Gasteiger partial charge in [-0.2, -0.15) is 0 Å². The molecule has 0 aliphatic carbocycles. The van der Waals surface area contributed by atoms with Crippen LogP contribution in [0.2, 0.25) is 0 Å². The molecule has 0 atom stereocenters. The zero-order chi connectivity index (χ0) is 28.1. The molecular formula is C30H28ClN3O5. The van der Waals surface area contributed by atoms with Crippen LogP contribution in [0.25, 0.3) is 0 Å². The van der Waals surface area contributed by atoms with Crippen molar-refractivity contribution in [2.75, 3.05) is 22.1 Å². The van der Waals surface area contributed by atoms with E-state index in [4.69, 9.17) is 16.3 Å². The Morgan fingerprint density at radius 2 is 1.41 bits per heavy atom. The fourth-order valence-electron chi connectivity index (χ4n) is 4.24. The van der Waals surface area contributed by atoms with E-state index in [1.807, 2.05) is 32.0 Å². The zero-order valence-electron chi connectivity index (χ0n) is 21.8. The van der Waals surface area contributed by atoms with Crippen molar-refractivity contribution in [2.24, 2.45) is 0 Å². The number of amides is 3. The van der Waals surface area contributed by atoms with Crippen molar-refractivity contribution in [3.8, 4) is 0 Å². The summed E-state index contributed by atoms with van der Waals surface area (Å²) in [5, 5.41) is 5.66. The van der Waals surface area contributed by atoms with Gasteiger partial charge in [0.05, 0.1) is 17.9 Å². The molecule has 200 valence electrons. The molecule has 0 aromatic heterocycles. The second-order valence-corrected chi connectivity index (χ2v) is 9.09. The summed E-state index contributed by atoms with van der Waals surface area (Å²) >= 11 is 6.24. The number of carbonyl (C=O) groups excluding carboxylic acids is 4. The van der Waals surface area contributed by atoms with E-state index in [0.29, 0.717) is 16.8 Å². The van der Waals surface area contributed by atoms with Crippen LogP contribution in [0, 0.1) is 0 Å². The summed E-state index contributed by atoms with van der Waals surface area (Å²) in [7, 11) is 0. The lowest BCUT2D eigenvalue weighted by Gasteiger charge is -2.16. The normalized spacial score (nSPS) is 13.1. The van der Waals surface area contributed by atoms with Gasteiger partial charge in [-0.15, -0.1) is 0 Å². The number of para-hydroxylation sites is 1. The van der Waals surface area contributed by atoms with Gasteiger partial charge in [-0.3, -0.25) is 14.4 Å². The maximum Gasteiger partial charge on any atom is 0.338 e. The summed E-state index contributed by atoms with van der Waals surface area (Å²) in [6.45, 7) is 6.02. The van der Waals surface area contributed by atoms with Crippen molar-refractivity contribution in [1.82, 2.24) is 0 Å². The highest BCUT2D eigenvalue weighted by Gasteiger charge is 2.39. The number of halogens is 1. The molecule has 3 aromatic carbocycles. The lowest BCUT2D eigenvalue weighted by atomic mass is 10.0. The third-order valence-electron chi connectivity index (χ3n) is 6.32. The van der Waals surface area contributed by atoms with Crippen LogP contribution in [0.4, 0.5) is 17.1 Å². The van der Waals surface area contributed by atoms with Gasteiger partial charge in [0, 0.05) is 16.9 Å². The number of aryl methyl sites for hydroxylation is 2. The van der Waals surface area contributed by atoms with E-state index in [2.05, 4.69) is 10.6 Å². The van der Waals surface area contributed by atoms with Crippen LogP contribution < -0.4 is 15.5 Å². The second kappa shape index (κ2) is 12.0. The van der Waals surface area contributed by atoms with Gasteiger partial charge in [0.15, 0.2) is 0 Å². The Kier molecular flexibility index (Phi) is 8.46. The van der Waals surface area contributed by atoms with Gasteiger partial charge >= 0.3 is 5.97 Å². The molecule has 0 saturated carbocycles. The predicted molar refractivity (Wildman–Crippen MR) is 151 cm³/mol. The third-order valence-corrected chi connectivity index (χ3v) is 6.67. The number of nitrogens with one attached hydrogen (secondary N) is 2. The monoisotopic (exact) mass is 545 g/mol. The van der Waals surface area contributed by atoms with Crippen LogP contribution in [-0.4, -0.2) is 30.3 Å². The fourth-order valence-corrected chi connectivity index (χ4v) is 4.46. The van der Waals surface area contributed by atoms with E-state index in [0.717, 1.165) is 34.6 Å². The summed E-state index contributed by atoms with van der Waals surface area (Å²) in [4.78, 5) is 51.7. The van der Waals surface area contributed by atoms with Crippen molar-refractivity contribution in [1.29, 1.82) is 0 Å². The third kappa shape index (κ3) is 5.71. The first-order chi connectivity index (χ1) is 18.8. The van der Waals surface area contributed by atoms with Crippen molar-refractivity contribution < 1.29 is 23.9 Å². The van der Waals surface area contributed by atoms with E-state index in [1.165, 1.54) is 24.3 Å². The first kappa shape index (κ1) is 27.6. The van der Waals surface area contributed by atoms with Gasteiger partial charge in [-0.25, -0.2) is 9.69 Å². The average Bonchev–Trinajstić information content (AvgIpc) is 3.16. The first-order valence-corrected chi connectivity index (χ1v) is 13.0. The van der Waals surface area contributed by atoms with Crippen LogP contribution >= 0.6 is 11.6 Å². The molecule has 9 heteroatoms. The number of benzene rings is 3. The molecule has 0 bridgehead atoms. The molecule has 0 saturated heterocycles. The van der Waals surface area contributed by atoms with E-state index in [9.17, 15) is 19.2 Å². The van der Waals surface area contributed by atoms with Gasteiger partial charge in [-0.1, -0.05) is 43.6 Å². The van der Waals surface area contributed by atoms with Crippen LogP contribution in [0.1, 0.15) is 52.6 Å². The number of hydrogen-bond donors (Lipinski definition) is 2. The van der Waals surface area contributed by atoms with Crippen molar-refractivity contribution in [3.05, 3.63) is 99.7 Å². The molecule has 1 aliphatic heterocycles. The minimum atomic E-state index is -0.689. The van der Waals surface area contributed by atoms with Gasteiger partial charge < -0.3 is 15.4 Å². The van der Waals surface area contributed by atoms with E-state index < -0.39 is 17.8 Å². The average molecular weight is 546 g/mol. The van der Waals surface area contributed by atoms with Crippen LogP contribution in [0.5, 0.6) is 0 Å². The summed E-state index contributed by atoms with van der Waals surface area (Å²) in [5.41, 5.74) is 4.34. The Labute approximate surface area is 231 Å². The Balaban J connectivity index is 1.47. The molecule has 0 spiro atoms. The highest BCUT2D eigenvalue weighted by molar-refractivity contribution is 6.53. The minimum absolute atomic E-state index is 0.0854. The number of imide groups is 1. The Morgan fingerprint density at radius 3 is 1.97 bits per heavy atom. The molecule has 2 N–H and O–H groups in total. The fraction of sp³-hybridized carbons (Fsp3) is 0.200. The van der Waals surface area contributed by atoms with Gasteiger partial charge in [0.25, 0.3) is 17.7 Å². The van der Waals surface area contributed by atoms with Crippen LogP contribution in [0.15, 0.2) is 77.5 Å². The molecule has 3 amide bonds. The second-order valence-electron chi connectivity index (χ2n) is 8.72. The van der Waals surface area contributed by atoms with E-state index >= 15 is 0 Å². The SMILES string of the molecule is CCOC(=O)c1ccc(N2C(=O)C(Cl)=C(Nc3ccc(C(=O)Nc4c(CC)cccc4CC)cc3)C2=O)cc1. The number of anilines is 3. The Morgan fingerprint density at radius 1 is 0.821 bits per heavy atom. The van der Waals surface area contributed by atoms with Gasteiger partial charge in [0.1, 0.15) is 10.7 Å². The Bertz CT molecular complexity index is 1440. The molecule has 0 fully saturated rings. The predicted octanol–water partition coefficient (Wildman–Crippen LogP) is 5.68. The molecule has 8 nitrogen and oxygen atoms in total.